The minimum absolute atomic E-state index is 0.0676. The average molecular weight is 442 g/mol. The molecule has 0 radical (unpaired) electrons. The Balaban J connectivity index is 1.56. The number of aryl methyl sites for hydroxylation is 1. The molecule has 0 aliphatic rings. The molecule has 0 spiro atoms. The maximum absolute atomic E-state index is 12.6. The quantitative estimate of drug-likeness (QED) is 0.484. The molecule has 3 rings (SSSR count). The van der Waals surface area contributed by atoms with Gasteiger partial charge in [-0.15, -0.1) is 23.1 Å². The fourth-order valence-electron chi connectivity index (χ4n) is 3.05. The van der Waals surface area contributed by atoms with Gasteiger partial charge in [0, 0.05) is 28.1 Å². The van der Waals surface area contributed by atoms with Crippen LogP contribution in [0.5, 0.6) is 5.75 Å². The number of aromatic nitrogens is 1. The summed E-state index contributed by atoms with van der Waals surface area (Å²) in [6.07, 6.45) is 0. The van der Waals surface area contributed by atoms with Crippen molar-refractivity contribution in [3.8, 4) is 5.75 Å². The van der Waals surface area contributed by atoms with E-state index >= 15 is 0 Å². The number of carbonyl (C=O) groups is 1. The number of benzene rings is 2. The number of thioether (sulfide) groups is 1. The SMILES string of the molecule is COc1ccc(C(CNC(=O)c2ccc(SCc3csc(C)n3)cc2)N(C)C)cc1. The molecule has 30 heavy (non-hydrogen) atoms. The van der Waals surface area contributed by atoms with Gasteiger partial charge < -0.3 is 15.0 Å². The second-order valence-corrected chi connectivity index (χ2v) is 9.24. The highest BCUT2D eigenvalue weighted by molar-refractivity contribution is 7.98. The van der Waals surface area contributed by atoms with Crippen molar-refractivity contribution < 1.29 is 9.53 Å². The monoisotopic (exact) mass is 441 g/mol. The first-order valence-corrected chi connectivity index (χ1v) is 11.5. The second kappa shape index (κ2) is 10.6. The smallest absolute Gasteiger partial charge is 0.251 e. The van der Waals surface area contributed by atoms with Crippen molar-refractivity contribution in [2.75, 3.05) is 27.7 Å². The fourth-order valence-corrected chi connectivity index (χ4v) is 4.56. The molecule has 7 heteroatoms. The number of likely N-dealkylation sites (N-methyl/N-ethyl adjacent to an activating group) is 1. The summed E-state index contributed by atoms with van der Waals surface area (Å²) in [7, 11) is 5.68. The summed E-state index contributed by atoms with van der Waals surface area (Å²) in [6.45, 7) is 2.54. The third-order valence-corrected chi connectivity index (χ3v) is 6.62. The maximum atomic E-state index is 12.6. The van der Waals surface area contributed by atoms with E-state index in [0.717, 1.165) is 32.7 Å². The number of nitrogens with zero attached hydrogens (tertiary/aromatic N) is 2. The second-order valence-electron chi connectivity index (χ2n) is 7.13. The van der Waals surface area contributed by atoms with Crippen LogP contribution in [0.15, 0.2) is 58.8 Å². The van der Waals surface area contributed by atoms with Crippen LogP contribution < -0.4 is 10.1 Å². The lowest BCUT2D eigenvalue weighted by molar-refractivity contribution is 0.0942. The molecule has 2 aromatic carbocycles. The Morgan fingerprint density at radius 3 is 2.43 bits per heavy atom. The van der Waals surface area contributed by atoms with Crippen molar-refractivity contribution in [3.05, 3.63) is 75.7 Å². The van der Waals surface area contributed by atoms with Crippen molar-refractivity contribution in [1.82, 2.24) is 15.2 Å². The highest BCUT2D eigenvalue weighted by atomic mass is 32.2. The van der Waals surface area contributed by atoms with Crippen LogP contribution >= 0.6 is 23.1 Å². The van der Waals surface area contributed by atoms with Gasteiger partial charge in [0.15, 0.2) is 0 Å². The third kappa shape index (κ3) is 6.08. The van der Waals surface area contributed by atoms with E-state index in [1.165, 1.54) is 0 Å². The summed E-state index contributed by atoms with van der Waals surface area (Å²) in [5.41, 5.74) is 2.89. The van der Waals surface area contributed by atoms with Gasteiger partial charge in [-0.3, -0.25) is 4.79 Å². The zero-order valence-corrected chi connectivity index (χ0v) is 19.3. The fraction of sp³-hybridized carbons (Fsp3) is 0.304. The number of nitrogens with one attached hydrogen (secondary N) is 1. The Bertz CT molecular complexity index is 953. The Kier molecular flexibility index (Phi) is 7.90. The summed E-state index contributed by atoms with van der Waals surface area (Å²) >= 11 is 3.39. The average Bonchev–Trinajstić information content (AvgIpc) is 3.18. The van der Waals surface area contributed by atoms with Gasteiger partial charge in [-0.05, 0) is 63.0 Å². The van der Waals surface area contributed by atoms with Crippen molar-refractivity contribution in [3.63, 3.8) is 0 Å². The van der Waals surface area contributed by atoms with Crippen LogP contribution in [-0.2, 0) is 5.75 Å². The highest BCUT2D eigenvalue weighted by Gasteiger charge is 2.16. The summed E-state index contributed by atoms with van der Waals surface area (Å²) in [4.78, 5) is 20.3. The Morgan fingerprint density at radius 2 is 1.87 bits per heavy atom. The van der Waals surface area contributed by atoms with Crippen LogP contribution in [-0.4, -0.2) is 43.5 Å². The summed E-state index contributed by atoms with van der Waals surface area (Å²) in [5.74, 6) is 1.59. The van der Waals surface area contributed by atoms with Crippen molar-refractivity contribution in [2.45, 2.75) is 23.6 Å². The molecule has 158 valence electrons. The predicted molar refractivity (Wildman–Crippen MR) is 125 cm³/mol. The number of ether oxygens (including phenoxy) is 1. The number of amides is 1. The molecule has 3 aromatic rings. The molecule has 0 bridgehead atoms. The Morgan fingerprint density at radius 1 is 1.17 bits per heavy atom. The number of thiazole rings is 1. The first-order valence-electron chi connectivity index (χ1n) is 9.68. The van der Waals surface area contributed by atoms with Gasteiger partial charge in [-0.2, -0.15) is 0 Å². The van der Waals surface area contributed by atoms with E-state index in [0.29, 0.717) is 12.1 Å². The number of methoxy groups -OCH3 is 1. The van der Waals surface area contributed by atoms with Crippen molar-refractivity contribution >= 4 is 29.0 Å². The molecule has 5 nitrogen and oxygen atoms in total. The van der Waals surface area contributed by atoms with Crippen LogP contribution in [0.25, 0.3) is 0 Å². The molecule has 0 saturated heterocycles. The van der Waals surface area contributed by atoms with E-state index < -0.39 is 0 Å². The van der Waals surface area contributed by atoms with Crippen LogP contribution in [0.4, 0.5) is 0 Å². The normalized spacial score (nSPS) is 12.0. The first kappa shape index (κ1) is 22.3. The highest BCUT2D eigenvalue weighted by Crippen LogP contribution is 2.24. The standard InChI is InChI=1S/C23H27N3O2S2/c1-16-25-19(14-29-16)15-30-21-11-7-18(8-12-21)23(27)24-13-22(26(2)3)17-5-9-20(28-4)10-6-17/h5-12,14,22H,13,15H2,1-4H3,(H,24,27). The maximum Gasteiger partial charge on any atom is 0.251 e. The molecular weight excluding hydrogens is 414 g/mol. The first-order chi connectivity index (χ1) is 14.5. The van der Waals surface area contributed by atoms with Gasteiger partial charge in [-0.1, -0.05) is 12.1 Å². The van der Waals surface area contributed by atoms with Crippen LogP contribution in [0, 0.1) is 6.92 Å². The molecule has 1 amide bonds. The van der Waals surface area contributed by atoms with E-state index in [1.54, 1.807) is 30.2 Å². The summed E-state index contributed by atoms with van der Waals surface area (Å²) in [5, 5.41) is 6.24. The van der Waals surface area contributed by atoms with Crippen molar-refractivity contribution in [1.29, 1.82) is 0 Å². The molecule has 0 saturated carbocycles. The van der Waals surface area contributed by atoms with E-state index in [-0.39, 0.29) is 11.9 Å². The lowest BCUT2D eigenvalue weighted by Crippen LogP contribution is -2.34. The number of rotatable bonds is 9. The van der Waals surface area contributed by atoms with Gasteiger partial charge >= 0.3 is 0 Å². The molecule has 1 N–H and O–H groups in total. The van der Waals surface area contributed by atoms with Crippen LogP contribution in [0.3, 0.4) is 0 Å². The Hall–Kier alpha value is -2.35. The molecule has 1 atom stereocenters. The van der Waals surface area contributed by atoms with E-state index in [1.807, 2.05) is 69.6 Å². The van der Waals surface area contributed by atoms with Gasteiger partial charge in [0.1, 0.15) is 5.75 Å². The lowest BCUT2D eigenvalue weighted by atomic mass is 10.1. The van der Waals surface area contributed by atoms with Crippen molar-refractivity contribution in [2.24, 2.45) is 0 Å². The Labute approximate surface area is 186 Å². The van der Waals surface area contributed by atoms with Gasteiger partial charge in [0.2, 0.25) is 0 Å². The van der Waals surface area contributed by atoms with Gasteiger partial charge in [-0.25, -0.2) is 4.98 Å². The molecule has 1 heterocycles. The summed E-state index contributed by atoms with van der Waals surface area (Å²) in [6, 6.07) is 15.8. The van der Waals surface area contributed by atoms with Crippen LogP contribution in [0.1, 0.15) is 32.7 Å². The molecule has 0 aliphatic heterocycles. The lowest BCUT2D eigenvalue weighted by Gasteiger charge is -2.25. The molecule has 1 unspecified atom stereocenters. The predicted octanol–water partition coefficient (Wildman–Crippen LogP) is 4.79. The van der Waals surface area contributed by atoms with Gasteiger partial charge in [0.05, 0.1) is 23.9 Å². The number of carbonyl (C=O) groups excluding carboxylic acids is 1. The number of hydrogen-bond acceptors (Lipinski definition) is 6. The zero-order chi connectivity index (χ0) is 21.5. The molecular formula is C23H27N3O2S2. The topological polar surface area (TPSA) is 54.5 Å². The number of hydrogen-bond donors (Lipinski definition) is 1. The van der Waals surface area contributed by atoms with E-state index in [9.17, 15) is 4.79 Å². The third-order valence-electron chi connectivity index (χ3n) is 4.75. The van der Waals surface area contributed by atoms with E-state index in [2.05, 4.69) is 20.6 Å². The van der Waals surface area contributed by atoms with Gasteiger partial charge in [0.25, 0.3) is 5.91 Å². The minimum atomic E-state index is -0.0676. The molecule has 0 fully saturated rings. The van der Waals surface area contributed by atoms with Crippen LogP contribution in [0.2, 0.25) is 0 Å². The molecule has 0 aliphatic carbocycles. The summed E-state index contributed by atoms with van der Waals surface area (Å²) < 4.78 is 5.23. The minimum Gasteiger partial charge on any atom is -0.497 e. The zero-order valence-electron chi connectivity index (χ0n) is 17.7. The largest absolute Gasteiger partial charge is 0.497 e. The van der Waals surface area contributed by atoms with E-state index in [4.69, 9.17) is 4.74 Å². The molecule has 1 aromatic heterocycles.